The summed E-state index contributed by atoms with van der Waals surface area (Å²) in [6, 6.07) is 15.6. The Labute approximate surface area is 140 Å². The summed E-state index contributed by atoms with van der Waals surface area (Å²) in [7, 11) is -3.34. The van der Waals surface area contributed by atoms with E-state index < -0.39 is 9.84 Å². The van der Waals surface area contributed by atoms with Gasteiger partial charge in [-0.15, -0.1) is 0 Å². The van der Waals surface area contributed by atoms with Gasteiger partial charge < -0.3 is 5.32 Å². The Morgan fingerprint density at radius 2 is 1.79 bits per heavy atom. The smallest absolute Gasteiger partial charge is 0.274 e. The fourth-order valence-corrected chi connectivity index (χ4v) is 2.99. The third kappa shape index (κ3) is 3.28. The quantitative estimate of drug-likeness (QED) is 0.794. The van der Waals surface area contributed by atoms with Gasteiger partial charge in [-0.25, -0.2) is 13.4 Å². The zero-order valence-corrected chi connectivity index (χ0v) is 14.1. The van der Waals surface area contributed by atoms with Gasteiger partial charge in [-0.3, -0.25) is 4.79 Å². The van der Waals surface area contributed by atoms with Crippen molar-refractivity contribution in [3.05, 3.63) is 65.9 Å². The number of sulfone groups is 1. The molecule has 1 heterocycles. The van der Waals surface area contributed by atoms with E-state index in [0.717, 1.165) is 22.7 Å². The second-order valence-corrected chi connectivity index (χ2v) is 7.61. The molecule has 0 aliphatic heterocycles. The molecular formula is C18H16N2O3S. The molecule has 0 fully saturated rings. The first-order chi connectivity index (χ1) is 11.3. The van der Waals surface area contributed by atoms with Crippen LogP contribution in [-0.4, -0.2) is 25.6 Å². The maximum Gasteiger partial charge on any atom is 0.274 e. The summed E-state index contributed by atoms with van der Waals surface area (Å²) < 4.78 is 23.3. The molecule has 122 valence electrons. The molecular weight excluding hydrogens is 324 g/mol. The molecule has 0 unspecified atom stereocenters. The predicted octanol–water partition coefficient (Wildman–Crippen LogP) is 3.20. The Balaban J connectivity index is 1.93. The standard InChI is InChI=1S/C18H16N2O3S/c1-12-7-9-14(24(2,22)23)11-17(12)20-18(21)16-10-8-13-5-3-4-6-15(13)19-16/h3-11H,1-2H3,(H,20,21). The van der Waals surface area contributed by atoms with Crippen LogP contribution < -0.4 is 5.32 Å². The second-order valence-electron chi connectivity index (χ2n) is 5.59. The molecule has 2 aromatic carbocycles. The van der Waals surface area contributed by atoms with Crippen LogP contribution in [0.4, 0.5) is 5.69 Å². The Hall–Kier alpha value is -2.73. The van der Waals surface area contributed by atoms with Crippen LogP contribution in [0.5, 0.6) is 0 Å². The van der Waals surface area contributed by atoms with E-state index in [1.165, 1.54) is 12.1 Å². The van der Waals surface area contributed by atoms with E-state index in [9.17, 15) is 13.2 Å². The number of aromatic nitrogens is 1. The van der Waals surface area contributed by atoms with Crippen LogP contribution in [-0.2, 0) is 9.84 Å². The van der Waals surface area contributed by atoms with Gasteiger partial charge in [0, 0.05) is 17.3 Å². The molecule has 24 heavy (non-hydrogen) atoms. The van der Waals surface area contributed by atoms with Crippen molar-refractivity contribution in [1.82, 2.24) is 4.98 Å². The van der Waals surface area contributed by atoms with E-state index in [2.05, 4.69) is 10.3 Å². The molecule has 0 saturated heterocycles. The summed E-state index contributed by atoms with van der Waals surface area (Å²) in [6.07, 6.45) is 1.13. The lowest BCUT2D eigenvalue weighted by molar-refractivity contribution is 0.102. The molecule has 0 saturated carbocycles. The lowest BCUT2D eigenvalue weighted by atomic mass is 10.2. The number of nitrogens with one attached hydrogen (secondary N) is 1. The van der Waals surface area contributed by atoms with Crippen LogP contribution in [0.25, 0.3) is 10.9 Å². The minimum atomic E-state index is -3.34. The summed E-state index contributed by atoms with van der Waals surface area (Å²) in [4.78, 5) is 17.0. The number of anilines is 1. The molecule has 0 aliphatic carbocycles. The number of pyridine rings is 1. The second kappa shape index (κ2) is 6.05. The normalized spacial score (nSPS) is 11.4. The van der Waals surface area contributed by atoms with Crippen molar-refractivity contribution < 1.29 is 13.2 Å². The average Bonchev–Trinajstić information content (AvgIpc) is 2.55. The third-order valence-electron chi connectivity index (χ3n) is 3.72. The minimum absolute atomic E-state index is 0.162. The highest BCUT2D eigenvalue weighted by molar-refractivity contribution is 7.90. The van der Waals surface area contributed by atoms with Crippen LogP contribution in [0.3, 0.4) is 0 Å². The Morgan fingerprint density at radius 3 is 2.54 bits per heavy atom. The van der Waals surface area contributed by atoms with E-state index in [-0.39, 0.29) is 16.5 Å². The highest BCUT2D eigenvalue weighted by Crippen LogP contribution is 2.21. The number of hydrogen-bond acceptors (Lipinski definition) is 4. The van der Waals surface area contributed by atoms with Gasteiger partial charge in [-0.1, -0.05) is 30.3 Å². The van der Waals surface area contributed by atoms with Crippen molar-refractivity contribution in [3.8, 4) is 0 Å². The molecule has 0 bridgehead atoms. The summed E-state index contributed by atoms with van der Waals surface area (Å²) >= 11 is 0. The molecule has 3 aromatic rings. The average molecular weight is 340 g/mol. The van der Waals surface area contributed by atoms with Gasteiger partial charge in [0.05, 0.1) is 10.4 Å². The summed E-state index contributed by atoms with van der Waals surface area (Å²) in [6.45, 7) is 1.80. The Morgan fingerprint density at radius 1 is 1.04 bits per heavy atom. The number of amides is 1. The van der Waals surface area contributed by atoms with Crippen LogP contribution >= 0.6 is 0 Å². The molecule has 3 rings (SSSR count). The number of fused-ring (bicyclic) bond motifs is 1. The van der Waals surface area contributed by atoms with Crippen molar-refractivity contribution >= 4 is 32.3 Å². The first-order valence-corrected chi connectivity index (χ1v) is 9.21. The maximum absolute atomic E-state index is 12.4. The number of aryl methyl sites for hydroxylation is 1. The Kier molecular flexibility index (Phi) is 4.07. The molecule has 0 atom stereocenters. The summed E-state index contributed by atoms with van der Waals surface area (Å²) in [5, 5.41) is 3.69. The lowest BCUT2D eigenvalue weighted by Crippen LogP contribution is -2.15. The number of carbonyl (C=O) groups is 1. The fourth-order valence-electron chi connectivity index (χ4n) is 2.35. The van der Waals surface area contributed by atoms with Gasteiger partial charge >= 0.3 is 0 Å². The zero-order valence-electron chi connectivity index (χ0n) is 13.3. The van der Waals surface area contributed by atoms with E-state index in [1.807, 2.05) is 30.3 Å². The SMILES string of the molecule is Cc1ccc(S(C)(=O)=O)cc1NC(=O)c1ccc2ccccc2n1. The summed E-state index contributed by atoms with van der Waals surface area (Å²) in [5.41, 5.74) is 2.24. The largest absolute Gasteiger partial charge is 0.320 e. The number of rotatable bonds is 3. The number of carbonyl (C=O) groups excluding carboxylic acids is 1. The first-order valence-electron chi connectivity index (χ1n) is 7.32. The lowest BCUT2D eigenvalue weighted by Gasteiger charge is -2.10. The minimum Gasteiger partial charge on any atom is -0.320 e. The van der Waals surface area contributed by atoms with E-state index in [1.54, 1.807) is 19.1 Å². The van der Waals surface area contributed by atoms with Gasteiger partial charge in [0.15, 0.2) is 9.84 Å². The molecule has 5 nitrogen and oxygen atoms in total. The van der Waals surface area contributed by atoms with E-state index >= 15 is 0 Å². The molecule has 0 spiro atoms. The third-order valence-corrected chi connectivity index (χ3v) is 4.83. The molecule has 0 aliphatic rings. The number of hydrogen-bond donors (Lipinski definition) is 1. The van der Waals surface area contributed by atoms with Gasteiger partial charge in [0.25, 0.3) is 5.91 Å². The molecule has 1 amide bonds. The molecule has 1 aromatic heterocycles. The highest BCUT2D eigenvalue weighted by Gasteiger charge is 2.13. The van der Waals surface area contributed by atoms with E-state index in [0.29, 0.717) is 5.69 Å². The van der Waals surface area contributed by atoms with Crippen LogP contribution in [0.1, 0.15) is 16.1 Å². The van der Waals surface area contributed by atoms with Crippen molar-refractivity contribution in [1.29, 1.82) is 0 Å². The number of benzene rings is 2. The monoisotopic (exact) mass is 340 g/mol. The summed E-state index contributed by atoms with van der Waals surface area (Å²) in [5.74, 6) is -0.380. The molecule has 6 heteroatoms. The van der Waals surface area contributed by atoms with Gasteiger partial charge in [-0.05, 0) is 36.8 Å². The van der Waals surface area contributed by atoms with Gasteiger partial charge in [0.1, 0.15) is 5.69 Å². The number of para-hydroxylation sites is 1. The fraction of sp³-hybridized carbons (Fsp3) is 0.111. The van der Waals surface area contributed by atoms with Crippen LogP contribution in [0, 0.1) is 6.92 Å². The van der Waals surface area contributed by atoms with Crippen molar-refractivity contribution in [2.75, 3.05) is 11.6 Å². The number of nitrogens with zero attached hydrogens (tertiary/aromatic N) is 1. The molecule has 0 radical (unpaired) electrons. The van der Waals surface area contributed by atoms with Crippen molar-refractivity contribution in [3.63, 3.8) is 0 Å². The van der Waals surface area contributed by atoms with E-state index in [4.69, 9.17) is 0 Å². The maximum atomic E-state index is 12.4. The first kappa shape index (κ1) is 16.1. The molecule has 1 N–H and O–H groups in total. The van der Waals surface area contributed by atoms with Gasteiger partial charge in [-0.2, -0.15) is 0 Å². The Bertz CT molecular complexity index is 1040. The predicted molar refractivity (Wildman–Crippen MR) is 94.0 cm³/mol. The highest BCUT2D eigenvalue weighted by atomic mass is 32.2. The zero-order chi connectivity index (χ0) is 17.3. The topological polar surface area (TPSA) is 76.1 Å². The van der Waals surface area contributed by atoms with Crippen LogP contribution in [0.15, 0.2) is 59.5 Å². The van der Waals surface area contributed by atoms with Gasteiger partial charge in [0.2, 0.25) is 0 Å². The van der Waals surface area contributed by atoms with Crippen LogP contribution in [0.2, 0.25) is 0 Å². The van der Waals surface area contributed by atoms with Crippen molar-refractivity contribution in [2.45, 2.75) is 11.8 Å². The van der Waals surface area contributed by atoms with Crippen molar-refractivity contribution in [2.24, 2.45) is 0 Å².